The molecule has 1 aromatic rings. The number of hydrogen-bond donors (Lipinski definition) is 1. The smallest absolute Gasteiger partial charge is 0.199 e. The number of rotatable bonds is 7. The van der Waals surface area contributed by atoms with Crippen molar-refractivity contribution in [2.24, 2.45) is 0 Å². The Morgan fingerprint density at radius 1 is 0.966 bits per heavy atom. The Hall–Kier alpha value is -2.92. The molecule has 5 heteroatoms. The van der Waals surface area contributed by atoms with Crippen molar-refractivity contribution >= 4 is 22.8 Å². The number of hydrogen-bond acceptors (Lipinski definition) is 4. The van der Waals surface area contributed by atoms with Gasteiger partial charge in [-0.05, 0) is 56.2 Å². The third-order valence-corrected chi connectivity index (χ3v) is 5.47. The molecule has 3 rings (SSSR count). The molecule has 0 amide bonds. The molecule has 1 N–H and O–H groups in total. The van der Waals surface area contributed by atoms with Crippen LogP contribution in [-0.2, 0) is 4.79 Å². The zero-order valence-corrected chi connectivity index (χ0v) is 17.3. The van der Waals surface area contributed by atoms with E-state index in [0.29, 0.717) is 17.7 Å². The van der Waals surface area contributed by atoms with Gasteiger partial charge in [-0.15, -0.1) is 0 Å². The predicted octanol–water partition coefficient (Wildman–Crippen LogP) is 2.08. The van der Waals surface area contributed by atoms with E-state index < -0.39 is 0 Å². The quantitative estimate of drug-likeness (QED) is 0.570. The number of ketones is 1. The van der Waals surface area contributed by atoms with Crippen LogP contribution in [0.15, 0.2) is 65.5 Å². The van der Waals surface area contributed by atoms with Crippen molar-refractivity contribution < 1.29 is 19.6 Å². The summed E-state index contributed by atoms with van der Waals surface area (Å²) in [5.41, 5.74) is 3.89. The first-order valence-corrected chi connectivity index (χ1v) is 10.2. The van der Waals surface area contributed by atoms with Crippen LogP contribution < -0.4 is 10.0 Å². The van der Waals surface area contributed by atoms with Crippen LogP contribution in [0.25, 0.3) is 5.57 Å². The van der Waals surface area contributed by atoms with Crippen molar-refractivity contribution in [2.75, 3.05) is 37.7 Å². The molecule has 0 saturated heterocycles. The summed E-state index contributed by atoms with van der Waals surface area (Å²) in [4.78, 5) is 14.9. The summed E-state index contributed by atoms with van der Waals surface area (Å²) < 4.78 is 2.04. The second-order valence-corrected chi connectivity index (χ2v) is 6.98. The Morgan fingerprint density at radius 2 is 1.59 bits per heavy atom. The maximum absolute atomic E-state index is 12.7. The summed E-state index contributed by atoms with van der Waals surface area (Å²) in [6.07, 6.45) is 7.39. The van der Waals surface area contributed by atoms with Gasteiger partial charge in [0.2, 0.25) is 0 Å². The minimum atomic E-state index is -0.193. The maximum Gasteiger partial charge on any atom is 0.199 e. The molecule has 0 saturated carbocycles. The molecule has 152 valence electrons. The fraction of sp³-hybridized carbons (Fsp3) is 0.333. The molecule has 0 aliphatic heterocycles. The van der Waals surface area contributed by atoms with Gasteiger partial charge in [0.25, 0.3) is 0 Å². The molecular formula is C24H28N2O3. The van der Waals surface area contributed by atoms with Crippen LogP contribution in [0, 0.1) is 0 Å². The standard InChI is InChI=1S/C24H28N2O3/c1-4-25(5-2)19-11-7-17(8-12-19)21-23(28)22(24(21)29)18-9-13-20(14-10-18)26(6-3)15-16-27/h7-14,27H,4-6,15-16H2,1-3H3. The number of nitrogens with zero attached hydrogens (tertiary/aromatic N) is 2. The van der Waals surface area contributed by atoms with Crippen molar-refractivity contribution in [2.45, 2.75) is 20.8 Å². The van der Waals surface area contributed by atoms with Crippen LogP contribution in [0.5, 0.6) is 0 Å². The summed E-state index contributed by atoms with van der Waals surface area (Å²) in [5.74, 6) is -0.387. The van der Waals surface area contributed by atoms with E-state index in [1.54, 1.807) is 12.2 Å². The van der Waals surface area contributed by atoms with Crippen LogP contribution in [-0.4, -0.2) is 54.0 Å². The molecular weight excluding hydrogens is 364 g/mol. The van der Waals surface area contributed by atoms with E-state index in [1.165, 1.54) is 0 Å². The Bertz CT molecular complexity index is 925. The Kier molecular flexibility index (Phi) is 6.49. The highest BCUT2D eigenvalue weighted by atomic mass is 16.3. The molecule has 0 bridgehead atoms. The lowest BCUT2D eigenvalue weighted by molar-refractivity contribution is -0.525. The molecule has 0 radical (unpaired) electrons. The summed E-state index contributed by atoms with van der Waals surface area (Å²) >= 11 is 0. The van der Waals surface area contributed by atoms with E-state index in [1.807, 2.05) is 47.9 Å². The molecule has 0 spiro atoms. The number of Topliss-reactive ketones (excluding diaryl/α,β-unsaturated/α-hetero) is 1. The first-order valence-electron chi connectivity index (χ1n) is 10.2. The first kappa shape index (κ1) is 20.8. The lowest BCUT2D eigenvalue weighted by Gasteiger charge is -2.32. The topological polar surface area (TPSA) is 66.6 Å². The van der Waals surface area contributed by atoms with E-state index in [9.17, 15) is 9.90 Å². The van der Waals surface area contributed by atoms with Crippen LogP contribution in [0.4, 0.5) is 5.69 Å². The second kappa shape index (κ2) is 9.05. The van der Waals surface area contributed by atoms with Crippen LogP contribution in [0.3, 0.4) is 0 Å². The lowest BCUT2D eigenvalue weighted by atomic mass is 9.80. The van der Waals surface area contributed by atoms with Crippen molar-refractivity contribution in [3.63, 3.8) is 0 Å². The normalized spacial score (nSPS) is 15.9. The minimum absolute atomic E-state index is 0.0787. The van der Waals surface area contributed by atoms with Gasteiger partial charge in [-0.25, -0.2) is 4.58 Å². The van der Waals surface area contributed by atoms with E-state index in [4.69, 9.17) is 5.11 Å². The summed E-state index contributed by atoms with van der Waals surface area (Å²) in [6, 6.07) is 7.63. The number of aliphatic hydroxyl groups excluding tert-OH is 1. The average Bonchev–Trinajstić information content (AvgIpc) is 2.75. The van der Waals surface area contributed by atoms with Gasteiger partial charge in [0.1, 0.15) is 13.2 Å². The second-order valence-electron chi connectivity index (χ2n) is 6.98. The number of anilines is 1. The van der Waals surface area contributed by atoms with Crippen LogP contribution in [0.2, 0.25) is 0 Å². The van der Waals surface area contributed by atoms with Crippen LogP contribution in [0.1, 0.15) is 26.3 Å². The number of allylic oxidation sites excluding steroid dienone is 7. The summed E-state index contributed by atoms with van der Waals surface area (Å²) in [7, 11) is 0. The molecule has 0 heterocycles. The number of carbonyl (C=O) groups excluding carboxylic acids is 1. The van der Waals surface area contributed by atoms with Gasteiger partial charge in [0.05, 0.1) is 0 Å². The number of benzene rings is 1. The van der Waals surface area contributed by atoms with Gasteiger partial charge in [0, 0.05) is 42.1 Å². The minimum Gasteiger partial charge on any atom is -0.871 e. The molecule has 29 heavy (non-hydrogen) atoms. The van der Waals surface area contributed by atoms with Gasteiger partial charge >= 0.3 is 0 Å². The maximum atomic E-state index is 12.7. The molecule has 1 aromatic carbocycles. The molecule has 2 aliphatic rings. The van der Waals surface area contributed by atoms with Gasteiger partial charge < -0.3 is 15.1 Å². The highest BCUT2D eigenvalue weighted by molar-refractivity contribution is 6.39. The van der Waals surface area contributed by atoms with Gasteiger partial charge in [-0.2, -0.15) is 0 Å². The zero-order chi connectivity index (χ0) is 21.0. The largest absolute Gasteiger partial charge is 0.871 e. The lowest BCUT2D eigenvalue weighted by Crippen LogP contribution is -2.30. The zero-order valence-electron chi connectivity index (χ0n) is 17.3. The van der Waals surface area contributed by atoms with E-state index in [2.05, 4.69) is 18.7 Å². The monoisotopic (exact) mass is 392 g/mol. The summed E-state index contributed by atoms with van der Waals surface area (Å²) in [5, 5.41) is 21.9. The van der Waals surface area contributed by atoms with E-state index in [-0.39, 0.29) is 29.3 Å². The van der Waals surface area contributed by atoms with E-state index >= 15 is 0 Å². The fourth-order valence-electron chi connectivity index (χ4n) is 3.78. The van der Waals surface area contributed by atoms with E-state index in [0.717, 1.165) is 31.0 Å². The average molecular weight is 392 g/mol. The number of likely N-dealkylation sites (N-methyl/N-ethyl adjacent to an activating group) is 1. The van der Waals surface area contributed by atoms with Gasteiger partial charge in [0.15, 0.2) is 18.0 Å². The molecule has 5 nitrogen and oxygen atoms in total. The molecule has 0 unspecified atom stereocenters. The molecule has 0 atom stereocenters. The van der Waals surface area contributed by atoms with Gasteiger partial charge in [-0.1, -0.05) is 17.9 Å². The van der Waals surface area contributed by atoms with Crippen molar-refractivity contribution in [1.29, 1.82) is 0 Å². The fourth-order valence-corrected chi connectivity index (χ4v) is 3.78. The third kappa shape index (κ3) is 3.96. The Balaban J connectivity index is 1.87. The highest BCUT2D eigenvalue weighted by Crippen LogP contribution is 2.37. The number of aliphatic hydroxyl groups is 1. The van der Waals surface area contributed by atoms with Crippen LogP contribution >= 0.6 is 0 Å². The molecule has 0 fully saturated rings. The molecule has 2 aliphatic carbocycles. The highest BCUT2D eigenvalue weighted by Gasteiger charge is 2.30. The Labute approximate surface area is 172 Å². The predicted molar refractivity (Wildman–Crippen MR) is 115 cm³/mol. The third-order valence-electron chi connectivity index (χ3n) is 5.47. The first-order chi connectivity index (χ1) is 14.0. The molecule has 0 aromatic heterocycles. The van der Waals surface area contributed by atoms with Crippen molar-refractivity contribution in [1.82, 2.24) is 0 Å². The van der Waals surface area contributed by atoms with Gasteiger partial charge in [-0.3, -0.25) is 4.79 Å². The van der Waals surface area contributed by atoms with Crippen molar-refractivity contribution in [3.8, 4) is 0 Å². The Morgan fingerprint density at radius 3 is 2.07 bits per heavy atom. The van der Waals surface area contributed by atoms with Crippen molar-refractivity contribution in [3.05, 3.63) is 71.0 Å². The SMILES string of the molecule is CCN(CC)c1ccc(C2=C([O-])C(=C3C=CC(=[N+](CC)CCO)C=C3)C2=O)cc1. The summed E-state index contributed by atoms with van der Waals surface area (Å²) in [6.45, 7) is 9.43. The number of carbonyl (C=O) groups is 1.